The fraction of sp³-hybridized carbons (Fsp3) is 0.765. The Labute approximate surface area is 132 Å². The van der Waals surface area contributed by atoms with Crippen LogP contribution in [0.5, 0.6) is 0 Å². The molecule has 1 aliphatic heterocycles. The normalized spacial score (nSPS) is 27.1. The average molecular weight is 304 g/mol. The van der Waals surface area contributed by atoms with E-state index in [-0.39, 0.29) is 12.0 Å². The van der Waals surface area contributed by atoms with Gasteiger partial charge in [0.25, 0.3) is 0 Å². The summed E-state index contributed by atoms with van der Waals surface area (Å²) in [4.78, 5) is 14.7. The summed E-state index contributed by atoms with van der Waals surface area (Å²) in [6.07, 6.45) is 10.3. The largest absolute Gasteiger partial charge is 0.342 e. The van der Waals surface area contributed by atoms with Gasteiger partial charge in [-0.2, -0.15) is 5.10 Å². The van der Waals surface area contributed by atoms with Gasteiger partial charge in [-0.3, -0.25) is 9.48 Å². The van der Waals surface area contributed by atoms with E-state index in [4.69, 9.17) is 5.73 Å². The van der Waals surface area contributed by atoms with Crippen LogP contribution in [0.1, 0.15) is 56.9 Å². The van der Waals surface area contributed by atoms with E-state index in [1.807, 2.05) is 10.9 Å². The summed E-state index contributed by atoms with van der Waals surface area (Å²) in [5.74, 6) is 1.07. The van der Waals surface area contributed by atoms with E-state index >= 15 is 0 Å². The van der Waals surface area contributed by atoms with E-state index in [2.05, 4.69) is 23.1 Å². The van der Waals surface area contributed by atoms with Crippen LogP contribution in [-0.4, -0.2) is 39.7 Å². The minimum atomic E-state index is 0.170. The van der Waals surface area contributed by atoms with Gasteiger partial charge in [-0.25, -0.2) is 0 Å². The first-order valence-corrected chi connectivity index (χ1v) is 8.74. The number of hydrogen-bond donors (Lipinski definition) is 1. The third-order valence-electron chi connectivity index (χ3n) is 5.32. The highest BCUT2D eigenvalue weighted by molar-refractivity contribution is 5.79. The van der Waals surface area contributed by atoms with Gasteiger partial charge in [0, 0.05) is 37.8 Å². The van der Waals surface area contributed by atoms with Gasteiger partial charge >= 0.3 is 0 Å². The van der Waals surface area contributed by atoms with Crippen molar-refractivity contribution in [1.82, 2.24) is 14.7 Å². The van der Waals surface area contributed by atoms with Crippen molar-refractivity contribution in [2.75, 3.05) is 13.1 Å². The van der Waals surface area contributed by atoms with Gasteiger partial charge in [0.05, 0.1) is 6.20 Å². The molecule has 1 aliphatic carbocycles. The number of likely N-dealkylation sites (tertiary alicyclic amines) is 1. The summed E-state index contributed by atoms with van der Waals surface area (Å²) in [6.45, 7) is 4.78. The number of rotatable bonds is 3. The van der Waals surface area contributed by atoms with Crippen molar-refractivity contribution < 1.29 is 4.79 Å². The highest BCUT2D eigenvalue weighted by Gasteiger charge is 2.31. The molecule has 3 rings (SSSR count). The highest BCUT2D eigenvalue weighted by atomic mass is 16.2. The summed E-state index contributed by atoms with van der Waals surface area (Å²) >= 11 is 0. The lowest BCUT2D eigenvalue weighted by Crippen LogP contribution is -2.44. The number of aryl methyl sites for hydroxylation is 1. The Morgan fingerprint density at radius 1 is 1.32 bits per heavy atom. The molecule has 122 valence electrons. The molecule has 2 N–H and O–H groups in total. The van der Waals surface area contributed by atoms with Crippen LogP contribution >= 0.6 is 0 Å². The van der Waals surface area contributed by atoms with Gasteiger partial charge in [0.1, 0.15) is 0 Å². The molecule has 1 saturated heterocycles. The Balaban J connectivity index is 1.53. The van der Waals surface area contributed by atoms with Crippen molar-refractivity contribution in [3.63, 3.8) is 0 Å². The van der Waals surface area contributed by atoms with Crippen LogP contribution in [0, 0.1) is 5.92 Å². The maximum absolute atomic E-state index is 12.6. The van der Waals surface area contributed by atoms with Crippen LogP contribution in [0.25, 0.3) is 0 Å². The van der Waals surface area contributed by atoms with E-state index in [0.29, 0.717) is 11.8 Å². The quantitative estimate of drug-likeness (QED) is 0.930. The zero-order valence-electron chi connectivity index (χ0n) is 13.6. The zero-order chi connectivity index (χ0) is 15.5. The molecule has 0 spiro atoms. The van der Waals surface area contributed by atoms with Crippen molar-refractivity contribution in [3.8, 4) is 0 Å². The second kappa shape index (κ2) is 6.82. The lowest BCUT2D eigenvalue weighted by molar-refractivity contribution is -0.137. The lowest BCUT2D eigenvalue weighted by Gasteiger charge is -2.36. The summed E-state index contributed by atoms with van der Waals surface area (Å²) in [6, 6.07) is 0.222. The van der Waals surface area contributed by atoms with Crippen molar-refractivity contribution in [1.29, 1.82) is 0 Å². The summed E-state index contributed by atoms with van der Waals surface area (Å²) in [5, 5.41) is 4.37. The Kier molecular flexibility index (Phi) is 4.81. The molecule has 1 aromatic heterocycles. The van der Waals surface area contributed by atoms with Gasteiger partial charge < -0.3 is 10.6 Å². The minimum absolute atomic E-state index is 0.170. The molecule has 1 saturated carbocycles. The number of aromatic nitrogens is 2. The number of nitrogens with zero attached hydrogens (tertiary/aromatic N) is 3. The molecule has 0 bridgehead atoms. The first-order valence-electron chi connectivity index (χ1n) is 8.74. The average Bonchev–Trinajstić information content (AvgIpc) is 3.03. The molecule has 0 aromatic carbocycles. The van der Waals surface area contributed by atoms with E-state index in [1.165, 1.54) is 5.56 Å². The molecule has 0 unspecified atom stereocenters. The van der Waals surface area contributed by atoms with Crippen molar-refractivity contribution in [2.24, 2.45) is 11.7 Å². The smallest absolute Gasteiger partial charge is 0.225 e. The third kappa shape index (κ3) is 3.35. The van der Waals surface area contributed by atoms with Crippen LogP contribution < -0.4 is 5.73 Å². The van der Waals surface area contributed by atoms with Crippen LogP contribution in [0.15, 0.2) is 12.4 Å². The van der Waals surface area contributed by atoms with Crippen LogP contribution in [-0.2, 0) is 11.3 Å². The molecule has 0 radical (unpaired) electrons. The number of nitrogens with two attached hydrogens (primary N) is 1. The second-order valence-corrected chi connectivity index (χ2v) is 6.85. The van der Waals surface area contributed by atoms with Crippen molar-refractivity contribution in [3.05, 3.63) is 18.0 Å². The highest BCUT2D eigenvalue weighted by Crippen LogP contribution is 2.30. The first-order chi connectivity index (χ1) is 10.7. The molecule has 2 heterocycles. The SMILES string of the molecule is CCn1cc(C2CCN(C(=O)[C@@H]3CCC[C@@H](N)C3)CC2)cn1. The Morgan fingerprint density at radius 2 is 2.09 bits per heavy atom. The molecule has 2 fully saturated rings. The summed E-state index contributed by atoms with van der Waals surface area (Å²) < 4.78 is 1.98. The van der Waals surface area contributed by atoms with E-state index in [1.54, 1.807) is 0 Å². The predicted octanol–water partition coefficient (Wildman–Crippen LogP) is 2.13. The number of hydrogen-bond acceptors (Lipinski definition) is 3. The summed E-state index contributed by atoms with van der Waals surface area (Å²) in [7, 11) is 0. The molecule has 2 atom stereocenters. The van der Waals surface area contributed by atoms with Gasteiger partial charge in [-0.1, -0.05) is 6.42 Å². The van der Waals surface area contributed by atoms with Crippen LogP contribution in [0.2, 0.25) is 0 Å². The van der Waals surface area contributed by atoms with Crippen molar-refractivity contribution in [2.45, 2.75) is 64.0 Å². The van der Waals surface area contributed by atoms with Gasteiger partial charge in [-0.15, -0.1) is 0 Å². The molecule has 1 aromatic rings. The molecule has 5 nitrogen and oxygen atoms in total. The predicted molar refractivity (Wildman–Crippen MR) is 86.4 cm³/mol. The Bertz CT molecular complexity index is 505. The number of carbonyl (C=O) groups is 1. The molecule has 1 amide bonds. The molecule has 22 heavy (non-hydrogen) atoms. The standard InChI is InChI=1S/C17H28N4O/c1-2-21-12-15(11-19-21)13-6-8-20(9-7-13)17(22)14-4-3-5-16(18)10-14/h11-14,16H,2-10,18H2,1H3/t14-,16-/m1/s1. The Morgan fingerprint density at radius 3 is 2.73 bits per heavy atom. The third-order valence-corrected chi connectivity index (χ3v) is 5.32. The second-order valence-electron chi connectivity index (χ2n) is 6.85. The monoisotopic (exact) mass is 304 g/mol. The number of carbonyl (C=O) groups excluding carboxylic acids is 1. The molecular formula is C17H28N4O. The Hall–Kier alpha value is -1.36. The van der Waals surface area contributed by atoms with Gasteiger partial charge in [0.2, 0.25) is 5.91 Å². The molecular weight excluding hydrogens is 276 g/mol. The summed E-state index contributed by atoms with van der Waals surface area (Å²) in [5.41, 5.74) is 7.35. The number of piperidine rings is 1. The van der Waals surface area contributed by atoms with Crippen molar-refractivity contribution >= 4 is 5.91 Å². The molecule has 5 heteroatoms. The van der Waals surface area contributed by atoms with Gasteiger partial charge in [-0.05, 0) is 50.5 Å². The van der Waals surface area contributed by atoms with Crippen LogP contribution in [0.4, 0.5) is 0 Å². The molecule has 2 aliphatic rings. The maximum Gasteiger partial charge on any atom is 0.225 e. The first kappa shape index (κ1) is 15.5. The zero-order valence-corrected chi connectivity index (χ0v) is 13.6. The van der Waals surface area contributed by atoms with E-state index in [0.717, 1.165) is 58.2 Å². The van der Waals surface area contributed by atoms with Gasteiger partial charge in [0.15, 0.2) is 0 Å². The fourth-order valence-corrected chi connectivity index (χ4v) is 3.91. The van der Waals surface area contributed by atoms with Crippen LogP contribution in [0.3, 0.4) is 0 Å². The van der Waals surface area contributed by atoms with E-state index < -0.39 is 0 Å². The number of amides is 1. The maximum atomic E-state index is 12.6. The minimum Gasteiger partial charge on any atom is -0.342 e. The fourth-order valence-electron chi connectivity index (χ4n) is 3.91. The van der Waals surface area contributed by atoms with E-state index in [9.17, 15) is 4.79 Å². The topological polar surface area (TPSA) is 64.2 Å². The lowest BCUT2D eigenvalue weighted by atomic mass is 9.84.